The lowest BCUT2D eigenvalue weighted by atomic mass is 10.0. The molecule has 2 rings (SSSR count). The molecule has 0 aliphatic heterocycles. The molecule has 1 atom stereocenters. The number of ketones is 1. The van der Waals surface area contributed by atoms with Gasteiger partial charge in [0, 0.05) is 19.6 Å². The molecule has 0 fully saturated rings. The zero-order valence-electron chi connectivity index (χ0n) is 10.8. The molecule has 0 amide bonds. The molecule has 0 bridgehead atoms. The van der Waals surface area contributed by atoms with Crippen molar-refractivity contribution in [2.75, 3.05) is 0 Å². The molecule has 0 aliphatic carbocycles. The molecule has 100 valence electrons. The molecule has 5 heteroatoms. The SMILES string of the molecule is CC(N=[N+]=[N-])c1ccc(C(=O)c2ccc(I)cc2)cc1. The van der Waals surface area contributed by atoms with E-state index in [2.05, 4.69) is 32.6 Å². The summed E-state index contributed by atoms with van der Waals surface area (Å²) in [6.45, 7) is 1.82. The van der Waals surface area contributed by atoms with Crippen LogP contribution in [0.15, 0.2) is 53.6 Å². The van der Waals surface area contributed by atoms with Gasteiger partial charge in [-0.2, -0.15) is 0 Å². The monoisotopic (exact) mass is 377 g/mol. The Hall–Kier alpha value is -1.85. The third-order valence-electron chi connectivity index (χ3n) is 2.99. The Labute approximate surface area is 130 Å². The molecule has 20 heavy (non-hydrogen) atoms. The summed E-state index contributed by atoms with van der Waals surface area (Å²) in [5.74, 6) is -0.00983. The zero-order valence-corrected chi connectivity index (χ0v) is 13.0. The van der Waals surface area contributed by atoms with E-state index in [1.807, 2.05) is 43.3 Å². The fraction of sp³-hybridized carbons (Fsp3) is 0.133. The lowest BCUT2D eigenvalue weighted by molar-refractivity contribution is 0.103. The second-order valence-corrected chi connectivity index (χ2v) is 5.58. The summed E-state index contributed by atoms with van der Waals surface area (Å²) in [4.78, 5) is 15.1. The third kappa shape index (κ3) is 3.37. The molecular formula is C15H12IN3O. The highest BCUT2D eigenvalue weighted by molar-refractivity contribution is 14.1. The first kappa shape index (κ1) is 14.6. The number of nitrogens with zero attached hydrogens (tertiary/aromatic N) is 3. The number of carbonyl (C=O) groups excluding carboxylic acids is 1. The van der Waals surface area contributed by atoms with Crippen LogP contribution in [0.4, 0.5) is 0 Å². The Bertz CT molecular complexity index is 659. The van der Waals surface area contributed by atoms with Crippen LogP contribution in [0.25, 0.3) is 10.4 Å². The molecule has 2 aromatic rings. The molecule has 0 radical (unpaired) electrons. The van der Waals surface area contributed by atoms with Gasteiger partial charge in [0.15, 0.2) is 5.78 Å². The quantitative estimate of drug-likeness (QED) is 0.246. The number of rotatable bonds is 4. The molecule has 2 aromatic carbocycles. The molecule has 0 N–H and O–H groups in total. The Balaban J connectivity index is 2.23. The lowest BCUT2D eigenvalue weighted by Crippen LogP contribution is -2.01. The van der Waals surface area contributed by atoms with Gasteiger partial charge in [-0.25, -0.2) is 0 Å². The molecule has 0 aliphatic rings. The minimum Gasteiger partial charge on any atom is -0.289 e. The molecule has 0 spiro atoms. The largest absolute Gasteiger partial charge is 0.289 e. The van der Waals surface area contributed by atoms with Gasteiger partial charge in [0.05, 0.1) is 6.04 Å². The van der Waals surface area contributed by atoms with Gasteiger partial charge in [0.25, 0.3) is 0 Å². The number of halogens is 1. The van der Waals surface area contributed by atoms with E-state index >= 15 is 0 Å². The van der Waals surface area contributed by atoms with Crippen molar-refractivity contribution in [1.82, 2.24) is 0 Å². The smallest absolute Gasteiger partial charge is 0.193 e. The maximum absolute atomic E-state index is 12.3. The summed E-state index contributed by atoms with van der Waals surface area (Å²) in [7, 11) is 0. The Morgan fingerprint density at radius 1 is 1.10 bits per heavy atom. The average molecular weight is 377 g/mol. The molecule has 0 aromatic heterocycles. The molecular weight excluding hydrogens is 365 g/mol. The highest BCUT2D eigenvalue weighted by Crippen LogP contribution is 2.19. The van der Waals surface area contributed by atoms with E-state index in [0.717, 1.165) is 9.13 Å². The summed E-state index contributed by atoms with van der Waals surface area (Å²) >= 11 is 2.20. The number of azide groups is 1. The standard InChI is InChI=1S/C15H12IN3O/c1-10(18-19-17)11-2-4-12(5-3-11)15(20)13-6-8-14(16)9-7-13/h2-10H,1H3. The van der Waals surface area contributed by atoms with Crippen LogP contribution in [0.5, 0.6) is 0 Å². The fourth-order valence-electron chi connectivity index (χ4n) is 1.83. The van der Waals surface area contributed by atoms with Crippen LogP contribution >= 0.6 is 22.6 Å². The molecule has 0 heterocycles. The highest BCUT2D eigenvalue weighted by Gasteiger charge is 2.10. The maximum atomic E-state index is 12.3. The van der Waals surface area contributed by atoms with Gasteiger partial charge in [-0.15, -0.1) is 0 Å². The van der Waals surface area contributed by atoms with Gasteiger partial charge in [-0.05, 0) is 58.0 Å². The summed E-state index contributed by atoms with van der Waals surface area (Å²) in [5.41, 5.74) is 10.6. The van der Waals surface area contributed by atoms with Crippen LogP contribution in [0.2, 0.25) is 0 Å². The second-order valence-electron chi connectivity index (χ2n) is 4.34. The van der Waals surface area contributed by atoms with Crippen molar-refractivity contribution in [3.63, 3.8) is 0 Å². The minimum atomic E-state index is -0.234. The van der Waals surface area contributed by atoms with E-state index in [1.54, 1.807) is 12.1 Å². The molecule has 0 saturated carbocycles. The topological polar surface area (TPSA) is 65.8 Å². The normalized spacial score (nSPS) is 11.5. The van der Waals surface area contributed by atoms with Crippen molar-refractivity contribution in [2.45, 2.75) is 13.0 Å². The number of hydrogen-bond acceptors (Lipinski definition) is 2. The van der Waals surface area contributed by atoms with E-state index in [1.165, 1.54) is 0 Å². The van der Waals surface area contributed by atoms with Gasteiger partial charge in [0.1, 0.15) is 0 Å². The van der Waals surface area contributed by atoms with Crippen molar-refractivity contribution in [2.24, 2.45) is 5.11 Å². The van der Waals surface area contributed by atoms with Crippen molar-refractivity contribution < 1.29 is 4.79 Å². The van der Waals surface area contributed by atoms with Crippen LogP contribution < -0.4 is 0 Å². The molecule has 1 unspecified atom stereocenters. The molecule has 0 saturated heterocycles. The fourth-order valence-corrected chi connectivity index (χ4v) is 2.18. The first-order valence-corrected chi connectivity index (χ1v) is 7.14. The van der Waals surface area contributed by atoms with Gasteiger partial charge in [0.2, 0.25) is 0 Å². The Morgan fingerprint density at radius 2 is 1.60 bits per heavy atom. The summed E-state index contributed by atoms with van der Waals surface area (Å²) in [6.07, 6.45) is 0. The number of carbonyl (C=O) groups is 1. The van der Waals surface area contributed by atoms with Crippen molar-refractivity contribution >= 4 is 28.4 Å². The Kier molecular flexibility index (Phi) is 4.76. The zero-order chi connectivity index (χ0) is 14.5. The van der Waals surface area contributed by atoms with Crippen LogP contribution in [0, 0.1) is 3.57 Å². The van der Waals surface area contributed by atoms with Gasteiger partial charge in [-0.3, -0.25) is 4.79 Å². The van der Waals surface area contributed by atoms with Crippen LogP contribution in [0.3, 0.4) is 0 Å². The van der Waals surface area contributed by atoms with Gasteiger partial charge in [-0.1, -0.05) is 36.3 Å². The third-order valence-corrected chi connectivity index (χ3v) is 3.71. The van der Waals surface area contributed by atoms with E-state index in [0.29, 0.717) is 11.1 Å². The van der Waals surface area contributed by atoms with Crippen LogP contribution in [-0.4, -0.2) is 5.78 Å². The first-order chi connectivity index (χ1) is 9.61. The predicted molar refractivity (Wildman–Crippen MR) is 86.6 cm³/mol. The average Bonchev–Trinajstić information content (AvgIpc) is 2.48. The summed E-state index contributed by atoms with van der Waals surface area (Å²) < 4.78 is 1.10. The van der Waals surface area contributed by atoms with Crippen LogP contribution in [-0.2, 0) is 0 Å². The van der Waals surface area contributed by atoms with Crippen molar-refractivity contribution in [1.29, 1.82) is 0 Å². The lowest BCUT2D eigenvalue weighted by Gasteiger charge is -2.06. The maximum Gasteiger partial charge on any atom is 0.193 e. The second kappa shape index (κ2) is 6.54. The molecule has 4 nitrogen and oxygen atoms in total. The van der Waals surface area contributed by atoms with Gasteiger partial charge >= 0.3 is 0 Å². The van der Waals surface area contributed by atoms with E-state index in [4.69, 9.17) is 5.53 Å². The van der Waals surface area contributed by atoms with Crippen molar-refractivity contribution in [3.8, 4) is 0 Å². The first-order valence-electron chi connectivity index (χ1n) is 6.06. The van der Waals surface area contributed by atoms with Crippen molar-refractivity contribution in [3.05, 3.63) is 79.2 Å². The van der Waals surface area contributed by atoms with E-state index < -0.39 is 0 Å². The minimum absolute atomic E-state index is 0.00983. The summed E-state index contributed by atoms with van der Waals surface area (Å²) in [6, 6.07) is 14.4. The van der Waals surface area contributed by atoms with E-state index in [9.17, 15) is 4.79 Å². The number of hydrogen-bond donors (Lipinski definition) is 0. The van der Waals surface area contributed by atoms with Crippen LogP contribution in [0.1, 0.15) is 34.5 Å². The summed E-state index contributed by atoms with van der Waals surface area (Å²) in [5, 5.41) is 3.63. The number of benzene rings is 2. The Morgan fingerprint density at radius 3 is 2.10 bits per heavy atom. The van der Waals surface area contributed by atoms with E-state index in [-0.39, 0.29) is 11.8 Å². The van der Waals surface area contributed by atoms with Gasteiger partial charge < -0.3 is 0 Å². The highest BCUT2D eigenvalue weighted by atomic mass is 127. The predicted octanol–water partition coefficient (Wildman–Crippen LogP) is 4.89.